The third-order valence-electron chi connectivity index (χ3n) is 3.48. The van der Waals surface area contributed by atoms with E-state index in [4.69, 9.17) is 10.6 Å². The van der Waals surface area contributed by atoms with Crippen LogP contribution >= 0.6 is 0 Å². The largest absolute Gasteiger partial charge is 0.488 e. The lowest BCUT2D eigenvalue weighted by Crippen LogP contribution is -2.01. The number of halogens is 1. The van der Waals surface area contributed by atoms with Gasteiger partial charge in [0.2, 0.25) is 0 Å². The van der Waals surface area contributed by atoms with Crippen LogP contribution in [0.3, 0.4) is 0 Å². The van der Waals surface area contributed by atoms with Gasteiger partial charge in [-0.2, -0.15) is 5.10 Å². The highest BCUT2D eigenvalue weighted by Crippen LogP contribution is 2.27. The van der Waals surface area contributed by atoms with Crippen molar-refractivity contribution < 1.29 is 9.13 Å². The first-order valence-corrected chi connectivity index (χ1v) is 6.91. The first-order valence-electron chi connectivity index (χ1n) is 6.91. The summed E-state index contributed by atoms with van der Waals surface area (Å²) in [6, 6.07) is 18.2. The lowest BCUT2D eigenvalue weighted by molar-refractivity contribution is 0.300. The number of benzene rings is 3. The standard InChI is InChI=1S/C18H15FN2O/c19-17-8-4-2-6-14(17)12-22-18-10-9-13-5-1-3-7-15(13)16(18)11-21-20/h1-11H,12,20H2. The molecule has 0 saturated heterocycles. The number of fused-ring (bicyclic) bond motifs is 1. The van der Waals surface area contributed by atoms with Gasteiger partial charge in [-0.15, -0.1) is 0 Å². The molecule has 2 N–H and O–H groups in total. The predicted octanol–water partition coefficient (Wildman–Crippen LogP) is 3.85. The van der Waals surface area contributed by atoms with E-state index in [0.717, 1.165) is 16.3 Å². The predicted molar refractivity (Wildman–Crippen MR) is 86.5 cm³/mol. The van der Waals surface area contributed by atoms with E-state index < -0.39 is 0 Å². The summed E-state index contributed by atoms with van der Waals surface area (Å²) in [6.07, 6.45) is 1.55. The second-order valence-corrected chi connectivity index (χ2v) is 4.86. The minimum Gasteiger partial charge on any atom is -0.488 e. The molecule has 110 valence electrons. The Labute approximate surface area is 127 Å². The lowest BCUT2D eigenvalue weighted by Gasteiger charge is -2.12. The van der Waals surface area contributed by atoms with E-state index >= 15 is 0 Å². The number of hydrogen-bond donors (Lipinski definition) is 1. The maximum Gasteiger partial charge on any atom is 0.129 e. The Balaban J connectivity index is 1.96. The quantitative estimate of drug-likeness (QED) is 0.451. The molecule has 0 aromatic heterocycles. The zero-order chi connectivity index (χ0) is 15.4. The van der Waals surface area contributed by atoms with Crippen LogP contribution in [0.2, 0.25) is 0 Å². The molecule has 3 aromatic carbocycles. The van der Waals surface area contributed by atoms with Crippen molar-refractivity contribution in [1.29, 1.82) is 0 Å². The summed E-state index contributed by atoms with van der Waals surface area (Å²) >= 11 is 0. The Hall–Kier alpha value is -2.88. The molecule has 3 aromatic rings. The van der Waals surface area contributed by atoms with Crippen LogP contribution in [0.5, 0.6) is 5.75 Å². The van der Waals surface area contributed by atoms with Gasteiger partial charge in [-0.3, -0.25) is 0 Å². The molecule has 3 nitrogen and oxygen atoms in total. The van der Waals surface area contributed by atoms with Gasteiger partial charge in [-0.05, 0) is 22.9 Å². The van der Waals surface area contributed by atoms with Gasteiger partial charge >= 0.3 is 0 Å². The fourth-order valence-electron chi connectivity index (χ4n) is 2.38. The summed E-state index contributed by atoms with van der Waals surface area (Å²) in [5.74, 6) is 5.65. The summed E-state index contributed by atoms with van der Waals surface area (Å²) in [5.41, 5.74) is 1.29. The molecule has 0 fully saturated rings. The molecule has 0 aliphatic rings. The van der Waals surface area contributed by atoms with Crippen molar-refractivity contribution in [1.82, 2.24) is 0 Å². The third kappa shape index (κ3) is 2.76. The normalized spacial score (nSPS) is 11.1. The van der Waals surface area contributed by atoms with E-state index in [-0.39, 0.29) is 12.4 Å². The minimum atomic E-state index is -0.280. The Kier molecular flexibility index (Phi) is 4.01. The number of ether oxygens (including phenoxy) is 1. The number of hydrogen-bond acceptors (Lipinski definition) is 3. The summed E-state index contributed by atoms with van der Waals surface area (Å²) in [7, 11) is 0. The van der Waals surface area contributed by atoms with E-state index in [1.54, 1.807) is 24.4 Å². The maximum absolute atomic E-state index is 13.7. The van der Waals surface area contributed by atoms with Crippen molar-refractivity contribution in [3.63, 3.8) is 0 Å². The molecule has 0 heterocycles. The number of nitrogens with zero attached hydrogens (tertiary/aromatic N) is 1. The van der Waals surface area contributed by atoms with Crippen molar-refractivity contribution in [3.8, 4) is 5.75 Å². The second-order valence-electron chi connectivity index (χ2n) is 4.86. The van der Waals surface area contributed by atoms with Crippen LogP contribution in [0.25, 0.3) is 10.8 Å². The minimum absolute atomic E-state index is 0.149. The first kappa shape index (κ1) is 14.1. The van der Waals surface area contributed by atoms with Crippen molar-refractivity contribution in [2.75, 3.05) is 0 Å². The van der Waals surface area contributed by atoms with Crippen LogP contribution in [-0.4, -0.2) is 6.21 Å². The first-order chi connectivity index (χ1) is 10.8. The lowest BCUT2D eigenvalue weighted by atomic mass is 10.0. The SMILES string of the molecule is NN=Cc1c(OCc2ccccc2F)ccc2ccccc12. The van der Waals surface area contributed by atoms with E-state index in [0.29, 0.717) is 11.3 Å². The van der Waals surface area contributed by atoms with E-state index in [1.807, 2.05) is 36.4 Å². The van der Waals surface area contributed by atoms with Crippen LogP contribution in [0.15, 0.2) is 65.8 Å². The van der Waals surface area contributed by atoms with Gasteiger partial charge < -0.3 is 10.6 Å². The van der Waals surface area contributed by atoms with Gasteiger partial charge in [-0.25, -0.2) is 4.39 Å². The van der Waals surface area contributed by atoms with Crippen molar-refractivity contribution in [3.05, 3.63) is 77.6 Å². The fourth-order valence-corrected chi connectivity index (χ4v) is 2.38. The Morgan fingerprint density at radius 2 is 1.77 bits per heavy atom. The zero-order valence-corrected chi connectivity index (χ0v) is 11.9. The molecular weight excluding hydrogens is 279 g/mol. The molecule has 0 amide bonds. The zero-order valence-electron chi connectivity index (χ0n) is 11.9. The van der Waals surface area contributed by atoms with E-state index in [2.05, 4.69) is 5.10 Å². The monoisotopic (exact) mass is 294 g/mol. The van der Waals surface area contributed by atoms with E-state index in [1.165, 1.54) is 6.07 Å². The Morgan fingerprint density at radius 1 is 1.00 bits per heavy atom. The van der Waals surface area contributed by atoms with Crippen LogP contribution < -0.4 is 10.6 Å². The highest BCUT2D eigenvalue weighted by molar-refractivity contribution is 6.02. The van der Waals surface area contributed by atoms with Gasteiger partial charge in [-0.1, -0.05) is 48.5 Å². The van der Waals surface area contributed by atoms with Gasteiger partial charge in [0.15, 0.2) is 0 Å². The molecule has 0 spiro atoms. The highest BCUT2D eigenvalue weighted by Gasteiger charge is 2.08. The molecular formula is C18H15FN2O. The molecule has 0 atom stereocenters. The van der Waals surface area contributed by atoms with Crippen molar-refractivity contribution >= 4 is 17.0 Å². The molecule has 0 aliphatic carbocycles. The van der Waals surface area contributed by atoms with Crippen LogP contribution in [-0.2, 0) is 6.61 Å². The Bertz CT molecular complexity index is 830. The van der Waals surface area contributed by atoms with Crippen LogP contribution in [0.1, 0.15) is 11.1 Å². The summed E-state index contributed by atoms with van der Waals surface area (Å²) in [5, 5.41) is 5.66. The Morgan fingerprint density at radius 3 is 2.59 bits per heavy atom. The van der Waals surface area contributed by atoms with Gasteiger partial charge in [0.05, 0.1) is 6.21 Å². The molecule has 0 radical (unpaired) electrons. The highest BCUT2D eigenvalue weighted by atomic mass is 19.1. The van der Waals surface area contributed by atoms with Crippen LogP contribution in [0, 0.1) is 5.82 Å². The van der Waals surface area contributed by atoms with Crippen molar-refractivity contribution in [2.24, 2.45) is 10.9 Å². The number of rotatable bonds is 4. The number of nitrogens with two attached hydrogens (primary N) is 1. The molecule has 0 unspecified atom stereocenters. The second kappa shape index (κ2) is 6.26. The molecule has 3 rings (SSSR count). The topological polar surface area (TPSA) is 47.6 Å². The molecule has 0 bridgehead atoms. The van der Waals surface area contributed by atoms with Gasteiger partial charge in [0, 0.05) is 11.1 Å². The van der Waals surface area contributed by atoms with E-state index in [9.17, 15) is 4.39 Å². The third-order valence-corrected chi connectivity index (χ3v) is 3.48. The number of hydrazone groups is 1. The maximum atomic E-state index is 13.7. The summed E-state index contributed by atoms with van der Waals surface area (Å²) in [6.45, 7) is 0.149. The molecule has 0 saturated carbocycles. The molecule has 0 aliphatic heterocycles. The van der Waals surface area contributed by atoms with Crippen LogP contribution in [0.4, 0.5) is 4.39 Å². The fraction of sp³-hybridized carbons (Fsp3) is 0.0556. The summed E-state index contributed by atoms with van der Waals surface area (Å²) in [4.78, 5) is 0. The molecule has 22 heavy (non-hydrogen) atoms. The van der Waals surface area contributed by atoms with Gasteiger partial charge in [0.25, 0.3) is 0 Å². The summed E-state index contributed by atoms with van der Waals surface area (Å²) < 4.78 is 19.4. The average Bonchev–Trinajstić information content (AvgIpc) is 2.55. The average molecular weight is 294 g/mol. The van der Waals surface area contributed by atoms with Gasteiger partial charge in [0.1, 0.15) is 18.2 Å². The smallest absolute Gasteiger partial charge is 0.129 e. The van der Waals surface area contributed by atoms with Crippen molar-refractivity contribution in [2.45, 2.75) is 6.61 Å². The molecule has 4 heteroatoms.